The maximum atomic E-state index is 12.2. The van der Waals surface area contributed by atoms with Crippen molar-refractivity contribution in [3.8, 4) is 5.75 Å². The Morgan fingerprint density at radius 3 is 2.77 bits per heavy atom. The van der Waals surface area contributed by atoms with Gasteiger partial charge in [-0.2, -0.15) is 0 Å². The predicted molar refractivity (Wildman–Crippen MR) is 85.5 cm³/mol. The first-order chi connectivity index (χ1) is 10.6. The predicted octanol–water partition coefficient (Wildman–Crippen LogP) is 1.39. The number of hydrazine groups is 1. The van der Waals surface area contributed by atoms with Crippen LogP contribution in [0.25, 0.3) is 0 Å². The van der Waals surface area contributed by atoms with Crippen molar-refractivity contribution in [1.29, 1.82) is 0 Å². The summed E-state index contributed by atoms with van der Waals surface area (Å²) in [7, 11) is 0. The standard InChI is InChI=1S/C17H25N3O2/c1-11-15(12(2)20-19-11)9-17(21)18-10-14-8-7-13-5-3-4-6-16(13)22-14/h3-6,11-12,14-15,19-20H,7-10H2,1-2H3,(H,18,21)/t11?,12?,14-,15?/m1/s1. The molecule has 0 saturated carbocycles. The third kappa shape index (κ3) is 3.42. The quantitative estimate of drug-likeness (QED) is 0.786. The van der Waals surface area contributed by atoms with Crippen LogP contribution in [-0.4, -0.2) is 30.6 Å². The molecule has 5 heteroatoms. The third-order valence-electron chi connectivity index (χ3n) is 4.77. The van der Waals surface area contributed by atoms with E-state index in [1.54, 1.807) is 0 Å². The van der Waals surface area contributed by atoms with E-state index in [0.29, 0.717) is 31.0 Å². The fraction of sp³-hybridized carbons (Fsp3) is 0.588. The Morgan fingerprint density at radius 1 is 1.27 bits per heavy atom. The van der Waals surface area contributed by atoms with E-state index in [1.807, 2.05) is 18.2 Å². The van der Waals surface area contributed by atoms with Gasteiger partial charge in [0.2, 0.25) is 5.91 Å². The van der Waals surface area contributed by atoms with E-state index >= 15 is 0 Å². The molecular weight excluding hydrogens is 278 g/mol. The van der Waals surface area contributed by atoms with Gasteiger partial charge in [0, 0.05) is 24.4 Å². The Hall–Kier alpha value is -1.59. The number of para-hydroxylation sites is 1. The topological polar surface area (TPSA) is 62.4 Å². The Balaban J connectivity index is 1.46. The van der Waals surface area contributed by atoms with Gasteiger partial charge in [0.25, 0.3) is 0 Å². The summed E-state index contributed by atoms with van der Waals surface area (Å²) in [5.74, 6) is 1.39. The summed E-state index contributed by atoms with van der Waals surface area (Å²) in [6, 6.07) is 8.77. The van der Waals surface area contributed by atoms with Gasteiger partial charge in [-0.05, 0) is 38.3 Å². The smallest absolute Gasteiger partial charge is 0.220 e. The van der Waals surface area contributed by atoms with Crippen LogP contribution in [-0.2, 0) is 11.2 Å². The Morgan fingerprint density at radius 2 is 2.00 bits per heavy atom. The molecule has 0 spiro atoms. The highest BCUT2D eigenvalue weighted by molar-refractivity contribution is 5.76. The Labute approximate surface area is 131 Å². The fourth-order valence-electron chi connectivity index (χ4n) is 3.30. The van der Waals surface area contributed by atoms with E-state index in [1.165, 1.54) is 5.56 Å². The molecule has 120 valence electrons. The summed E-state index contributed by atoms with van der Waals surface area (Å²) in [5, 5.41) is 3.03. The average Bonchev–Trinajstić information content (AvgIpc) is 2.84. The van der Waals surface area contributed by atoms with Crippen molar-refractivity contribution in [2.75, 3.05) is 6.54 Å². The minimum Gasteiger partial charge on any atom is -0.488 e. The van der Waals surface area contributed by atoms with E-state index in [0.717, 1.165) is 18.6 Å². The lowest BCUT2D eigenvalue weighted by atomic mass is 9.93. The molecule has 2 unspecified atom stereocenters. The van der Waals surface area contributed by atoms with Crippen LogP contribution < -0.4 is 20.9 Å². The minimum atomic E-state index is 0.0773. The maximum Gasteiger partial charge on any atom is 0.220 e. The molecule has 1 saturated heterocycles. The van der Waals surface area contributed by atoms with E-state index in [9.17, 15) is 4.79 Å². The number of fused-ring (bicyclic) bond motifs is 1. The van der Waals surface area contributed by atoms with Crippen molar-refractivity contribution >= 4 is 5.91 Å². The second-order valence-electron chi connectivity index (χ2n) is 6.42. The van der Waals surface area contributed by atoms with E-state index in [2.05, 4.69) is 36.1 Å². The van der Waals surface area contributed by atoms with Crippen molar-refractivity contribution in [3.05, 3.63) is 29.8 Å². The molecule has 22 heavy (non-hydrogen) atoms. The number of hydrogen-bond donors (Lipinski definition) is 3. The monoisotopic (exact) mass is 303 g/mol. The normalized spacial score (nSPS) is 30.5. The molecule has 2 aliphatic heterocycles. The van der Waals surface area contributed by atoms with Crippen LogP contribution >= 0.6 is 0 Å². The lowest BCUT2D eigenvalue weighted by Gasteiger charge is -2.26. The molecular formula is C17H25N3O2. The van der Waals surface area contributed by atoms with Gasteiger partial charge in [0.05, 0.1) is 6.54 Å². The van der Waals surface area contributed by atoms with Crippen LogP contribution in [0.1, 0.15) is 32.3 Å². The molecule has 1 fully saturated rings. The second kappa shape index (κ2) is 6.67. The van der Waals surface area contributed by atoms with Gasteiger partial charge in [-0.1, -0.05) is 18.2 Å². The van der Waals surface area contributed by atoms with Gasteiger partial charge in [-0.3, -0.25) is 15.6 Å². The van der Waals surface area contributed by atoms with Crippen molar-refractivity contribution < 1.29 is 9.53 Å². The third-order valence-corrected chi connectivity index (χ3v) is 4.77. The van der Waals surface area contributed by atoms with Gasteiger partial charge < -0.3 is 10.1 Å². The number of carbonyl (C=O) groups excluding carboxylic acids is 1. The molecule has 2 heterocycles. The number of amides is 1. The zero-order valence-corrected chi connectivity index (χ0v) is 13.3. The number of carbonyl (C=O) groups is 1. The fourth-order valence-corrected chi connectivity index (χ4v) is 3.30. The molecule has 5 nitrogen and oxygen atoms in total. The highest BCUT2D eigenvalue weighted by Crippen LogP contribution is 2.26. The van der Waals surface area contributed by atoms with Crippen LogP contribution in [0.5, 0.6) is 5.75 Å². The van der Waals surface area contributed by atoms with Gasteiger partial charge in [-0.15, -0.1) is 0 Å². The lowest BCUT2D eigenvalue weighted by molar-refractivity contribution is -0.122. The van der Waals surface area contributed by atoms with Crippen LogP contribution in [0, 0.1) is 5.92 Å². The van der Waals surface area contributed by atoms with Crippen LogP contribution in [0.2, 0.25) is 0 Å². The minimum absolute atomic E-state index is 0.0773. The number of hydrogen-bond acceptors (Lipinski definition) is 4. The summed E-state index contributed by atoms with van der Waals surface area (Å²) < 4.78 is 5.96. The number of rotatable bonds is 4. The van der Waals surface area contributed by atoms with Crippen molar-refractivity contribution in [3.63, 3.8) is 0 Å². The first-order valence-electron chi connectivity index (χ1n) is 8.16. The summed E-state index contributed by atoms with van der Waals surface area (Å²) >= 11 is 0. The van der Waals surface area contributed by atoms with Gasteiger partial charge in [0.1, 0.15) is 11.9 Å². The zero-order chi connectivity index (χ0) is 15.5. The lowest BCUT2D eigenvalue weighted by Crippen LogP contribution is -2.39. The number of nitrogens with one attached hydrogen (secondary N) is 3. The molecule has 0 aromatic heterocycles. The Kier molecular flexibility index (Phi) is 4.64. The number of aryl methyl sites for hydroxylation is 1. The van der Waals surface area contributed by atoms with E-state index in [-0.39, 0.29) is 12.0 Å². The molecule has 3 atom stereocenters. The summed E-state index contributed by atoms with van der Waals surface area (Å²) in [6.07, 6.45) is 2.59. The van der Waals surface area contributed by atoms with Gasteiger partial charge in [-0.25, -0.2) is 0 Å². The van der Waals surface area contributed by atoms with Crippen LogP contribution in [0.3, 0.4) is 0 Å². The molecule has 1 amide bonds. The average molecular weight is 303 g/mol. The van der Waals surface area contributed by atoms with E-state index in [4.69, 9.17) is 4.74 Å². The summed E-state index contributed by atoms with van der Waals surface area (Å²) in [4.78, 5) is 12.2. The molecule has 3 rings (SSSR count). The molecule has 2 aliphatic rings. The van der Waals surface area contributed by atoms with Crippen molar-refractivity contribution in [1.82, 2.24) is 16.2 Å². The van der Waals surface area contributed by atoms with Crippen LogP contribution in [0.15, 0.2) is 24.3 Å². The van der Waals surface area contributed by atoms with Crippen LogP contribution in [0.4, 0.5) is 0 Å². The molecule has 0 bridgehead atoms. The highest BCUT2D eigenvalue weighted by atomic mass is 16.5. The zero-order valence-electron chi connectivity index (χ0n) is 13.3. The molecule has 3 N–H and O–H groups in total. The van der Waals surface area contributed by atoms with E-state index < -0.39 is 0 Å². The highest BCUT2D eigenvalue weighted by Gasteiger charge is 2.31. The van der Waals surface area contributed by atoms with Crippen molar-refractivity contribution in [2.45, 2.75) is 51.3 Å². The molecule has 0 aliphatic carbocycles. The largest absolute Gasteiger partial charge is 0.488 e. The number of benzene rings is 1. The maximum absolute atomic E-state index is 12.2. The first kappa shape index (κ1) is 15.3. The Bertz CT molecular complexity index is 524. The van der Waals surface area contributed by atoms with Gasteiger partial charge >= 0.3 is 0 Å². The van der Waals surface area contributed by atoms with Crippen molar-refractivity contribution in [2.24, 2.45) is 5.92 Å². The summed E-state index contributed by atoms with van der Waals surface area (Å²) in [6.45, 7) is 4.80. The number of ether oxygens (including phenoxy) is 1. The SMILES string of the molecule is CC1NNC(C)C1CC(=O)NC[C@H]1CCc2ccccc2O1. The first-order valence-corrected chi connectivity index (χ1v) is 8.16. The molecule has 0 radical (unpaired) electrons. The van der Waals surface area contributed by atoms with Gasteiger partial charge in [0.15, 0.2) is 0 Å². The molecule has 1 aromatic rings. The molecule has 1 aromatic carbocycles. The second-order valence-corrected chi connectivity index (χ2v) is 6.42. The summed E-state index contributed by atoms with van der Waals surface area (Å²) in [5.41, 5.74) is 7.63.